The highest BCUT2D eigenvalue weighted by molar-refractivity contribution is 5.99. The molecule has 3 heterocycles. The third kappa shape index (κ3) is 5.54. The minimum absolute atomic E-state index is 0.0462. The molecule has 37 heavy (non-hydrogen) atoms. The maximum Gasteiger partial charge on any atom is 0.255 e. The van der Waals surface area contributed by atoms with Crippen molar-refractivity contribution >= 4 is 11.7 Å². The Morgan fingerprint density at radius 1 is 1.11 bits per heavy atom. The number of nitrogens with one attached hydrogen (secondary N) is 1. The molecule has 5 rings (SSSR count). The molecule has 3 aliphatic rings. The van der Waals surface area contributed by atoms with Crippen LogP contribution in [-0.2, 0) is 10.2 Å². The molecule has 200 valence electrons. The number of likely N-dealkylation sites (tertiary alicyclic amines) is 1. The van der Waals surface area contributed by atoms with Gasteiger partial charge in [-0.05, 0) is 68.6 Å². The Morgan fingerprint density at radius 3 is 2.46 bits per heavy atom. The fourth-order valence-corrected chi connectivity index (χ4v) is 6.41. The van der Waals surface area contributed by atoms with Crippen LogP contribution in [0.15, 0.2) is 36.5 Å². The monoisotopic (exact) mass is 506 g/mol. The number of aliphatic hydroxyl groups is 1. The maximum absolute atomic E-state index is 13.0. The molecule has 0 unspecified atom stereocenters. The number of hydrogen-bond acceptors (Lipinski definition) is 6. The van der Waals surface area contributed by atoms with Gasteiger partial charge in [0.1, 0.15) is 5.82 Å². The minimum Gasteiger partial charge on any atom is -0.390 e. The molecular formula is C30H42N4O3. The van der Waals surface area contributed by atoms with Crippen LogP contribution in [0.2, 0.25) is 0 Å². The molecule has 0 bridgehead atoms. The summed E-state index contributed by atoms with van der Waals surface area (Å²) in [5.74, 6) is 0.606. The van der Waals surface area contributed by atoms with E-state index in [0.29, 0.717) is 30.4 Å². The molecule has 2 aromatic rings. The fourth-order valence-electron chi connectivity index (χ4n) is 6.41. The molecule has 7 heteroatoms. The van der Waals surface area contributed by atoms with Gasteiger partial charge >= 0.3 is 0 Å². The van der Waals surface area contributed by atoms with Crippen LogP contribution in [0, 0.1) is 5.92 Å². The molecular weight excluding hydrogens is 464 g/mol. The number of carbonyl (C=O) groups excluding carboxylic acids is 1. The number of amides is 1. The molecule has 2 atom stereocenters. The molecule has 1 amide bonds. The van der Waals surface area contributed by atoms with Crippen molar-refractivity contribution in [3.8, 4) is 11.1 Å². The third-order valence-electron chi connectivity index (χ3n) is 9.27. The van der Waals surface area contributed by atoms with E-state index in [1.54, 1.807) is 6.20 Å². The summed E-state index contributed by atoms with van der Waals surface area (Å²) in [4.78, 5) is 20.0. The zero-order valence-corrected chi connectivity index (χ0v) is 22.5. The van der Waals surface area contributed by atoms with E-state index in [0.717, 1.165) is 63.1 Å². The lowest BCUT2D eigenvalue weighted by Crippen LogP contribution is -2.42. The second kappa shape index (κ2) is 10.4. The summed E-state index contributed by atoms with van der Waals surface area (Å²) in [7, 11) is 0. The SMILES string of the molecule is C[C@@H]1CN(C2CCOCC2)C[C@@]1(C)c1ccc(-c2cnc(N)c(C(=O)NC3CCC(C)(O)CC3)c2)cc1. The lowest BCUT2D eigenvalue weighted by atomic mass is 9.75. The van der Waals surface area contributed by atoms with E-state index < -0.39 is 5.60 Å². The number of anilines is 1. The number of carbonyl (C=O) groups is 1. The Morgan fingerprint density at radius 2 is 1.78 bits per heavy atom. The van der Waals surface area contributed by atoms with Gasteiger partial charge in [-0.1, -0.05) is 38.1 Å². The highest BCUT2D eigenvalue weighted by atomic mass is 16.5. The summed E-state index contributed by atoms with van der Waals surface area (Å²) >= 11 is 0. The summed E-state index contributed by atoms with van der Waals surface area (Å²) in [6.45, 7) is 10.6. The van der Waals surface area contributed by atoms with Gasteiger partial charge in [-0.3, -0.25) is 9.69 Å². The number of nitrogens with zero attached hydrogens (tertiary/aromatic N) is 2. The first-order chi connectivity index (χ1) is 17.6. The first kappa shape index (κ1) is 26.1. The zero-order valence-electron chi connectivity index (χ0n) is 22.5. The van der Waals surface area contributed by atoms with E-state index in [1.807, 2.05) is 13.0 Å². The van der Waals surface area contributed by atoms with Crippen LogP contribution in [0.5, 0.6) is 0 Å². The maximum atomic E-state index is 13.0. The van der Waals surface area contributed by atoms with Crippen molar-refractivity contribution in [2.45, 2.75) is 82.4 Å². The summed E-state index contributed by atoms with van der Waals surface area (Å²) < 4.78 is 5.58. The number of hydrogen-bond donors (Lipinski definition) is 3. The van der Waals surface area contributed by atoms with Crippen molar-refractivity contribution in [2.75, 3.05) is 32.0 Å². The van der Waals surface area contributed by atoms with Crippen molar-refractivity contribution in [2.24, 2.45) is 5.92 Å². The van der Waals surface area contributed by atoms with Gasteiger partial charge in [-0.15, -0.1) is 0 Å². The smallest absolute Gasteiger partial charge is 0.255 e. The number of pyridine rings is 1. The van der Waals surface area contributed by atoms with Crippen LogP contribution in [0.4, 0.5) is 5.82 Å². The molecule has 7 nitrogen and oxygen atoms in total. The Labute approximate surface area is 220 Å². The molecule has 2 aliphatic heterocycles. The quantitative estimate of drug-likeness (QED) is 0.564. The predicted octanol–water partition coefficient (Wildman–Crippen LogP) is 4.14. The number of nitrogen functional groups attached to an aromatic ring is 1. The third-order valence-corrected chi connectivity index (χ3v) is 9.27. The highest BCUT2D eigenvalue weighted by Gasteiger charge is 2.43. The molecule has 0 radical (unpaired) electrons. The van der Waals surface area contributed by atoms with E-state index in [9.17, 15) is 9.90 Å². The summed E-state index contributed by atoms with van der Waals surface area (Å²) in [5, 5.41) is 13.3. The van der Waals surface area contributed by atoms with Crippen molar-refractivity contribution in [1.29, 1.82) is 0 Å². The number of ether oxygens (including phenoxy) is 1. The van der Waals surface area contributed by atoms with Crippen LogP contribution >= 0.6 is 0 Å². The topological polar surface area (TPSA) is 101 Å². The standard InChI is InChI=1S/C30H42N4O3/c1-20-18-34(25-10-14-37-15-11-25)19-30(20,3)23-6-4-21(5-7-23)22-16-26(27(31)32-17-22)28(35)33-24-8-12-29(2,36)13-9-24/h4-7,16-17,20,24-25,36H,8-15,18-19H2,1-3H3,(H2,31,32)(H,33,35)/t20-,24?,29?,30-/m1/s1. The molecule has 0 spiro atoms. The van der Waals surface area contributed by atoms with Crippen LogP contribution in [-0.4, -0.2) is 64.9 Å². The average molecular weight is 507 g/mol. The van der Waals surface area contributed by atoms with Crippen molar-refractivity contribution in [1.82, 2.24) is 15.2 Å². The van der Waals surface area contributed by atoms with E-state index in [2.05, 4.69) is 53.3 Å². The average Bonchev–Trinajstić information content (AvgIpc) is 3.21. The van der Waals surface area contributed by atoms with E-state index in [4.69, 9.17) is 10.5 Å². The van der Waals surface area contributed by atoms with E-state index in [1.165, 1.54) is 5.56 Å². The first-order valence-corrected chi connectivity index (χ1v) is 13.9. The lowest BCUT2D eigenvalue weighted by Gasteiger charge is -2.33. The largest absolute Gasteiger partial charge is 0.390 e. The zero-order chi connectivity index (χ0) is 26.2. The molecule has 4 N–H and O–H groups in total. The molecule has 1 aromatic heterocycles. The fraction of sp³-hybridized carbons (Fsp3) is 0.600. The second-order valence-corrected chi connectivity index (χ2v) is 12.1. The number of rotatable bonds is 5. The van der Waals surface area contributed by atoms with Gasteiger partial charge < -0.3 is 20.9 Å². The second-order valence-electron chi connectivity index (χ2n) is 12.1. The minimum atomic E-state index is -0.635. The van der Waals surface area contributed by atoms with E-state index in [-0.39, 0.29) is 23.2 Å². The van der Waals surface area contributed by atoms with Crippen molar-refractivity contribution in [3.05, 3.63) is 47.7 Å². The van der Waals surface area contributed by atoms with Crippen molar-refractivity contribution in [3.63, 3.8) is 0 Å². The van der Waals surface area contributed by atoms with Gasteiger partial charge in [0.05, 0.1) is 11.2 Å². The Balaban J connectivity index is 1.29. The predicted molar refractivity (Wildman–Crippen MR) is 146 cm³/mol. The molecule has 1 aliphatic carbocycles. The van der Waals surface area contributed by atoms with Crippen LogP contribution in [0.1, 0.15) is 75.2 Å². The Kier molecular flexibility index (Phi) is 7.31. The lowest BCUT2D eigenvalue weighted by molar-refractivity contribution is 0.0140. The van der Waals surface area contributed by atoms with Gasteiger partial charge in [0.2, 0.25) is 0 Å². The molecule has 1 aromatic carbocycles. The number of aromatic nitrogens is 1. The van der Waals surface area contributed by atoms with Gasteiger partial charge in [0.15, 0.2) is 0 Å². The number of benzene rings is 1. The molecule has 1 saturated carbocycles. The highest BCUT2D eigenvalue weighted by Crippen LogP contribution is 2.41. The van der Waals surface area contributed by atoms with Crippen molar-refractivity contribution < 1.29 is 14.6 Å². The van der Waals surface area contributed by atoms with Crippen LogP contribution < -0.4 is 11.1 Å². The molecule has 2 saturated heterocycles. The normalized spacial score (nSPS) is 31.4. The summed E-state index contributed by atoms with van der Waals surface area (Å²) in [6.07, 6.45) is 6.88. The summed E-state index contributed by atoms with van der Waals surface area (Å²) in [5.41, 5.74) is 9.24. The van der Waals surface area contributed by atoms with Crippen LogP contribution in [0.25, 0.3) is 11.1 Å². The first-order valence-electron chi connectivity index (χ1n) is 13.9. The number of nitrogens with two attached hydrogens (primary N) is 1. The van der Waals surface area contributed by atoms with Gasteiger partial charge in [-0.2, -0.15) is 0 Å². The van der Waals surface area contributed by atoms with Gasteiger partial charge in [-0.25, -0.2) is 4.98 Å². The van der Waals surface area contributed by atoms with E-state index >= 15 is 0 Å². The van der Waals surface area contributed by atoms with Gasteiger partial charge in [0, 0.05) is 55.6 Å². The Hall–Kier alpha value is -2.48. The van der Waals surface area contributed by atoms with Crippen LogP contribution in [0.3, 0.4) is 0 Å². The van der Waals surface area contributed by atoms with Gasteiger partial charge in [0.25, 0.3) is 5.91 Å². The molecule has 3 fully saturated rings. The summed E-state index contributed by atoms with van der Waals surface area (Å²) in [6, 6.07) is 11.3. The Bertz CT molecular complexity index is 1100.